The van der Waals surface area contributed by atoms with Crippen LogP contribution in [0.4, 0.5) is 5.69 Å². The number of hydrogen-bond acceptors (Lipinski definition) is 6. The fourth-order valence-corrected chi connectivity index (χ4v) is 3.59. The van der Waals surface area contributed by atoms with Crippen LogP contribution in [-0.4, -0.2) is 18.1 Å². The first kappa shape index (κ1) is 12.1. The van der Waals surface area contributed by atoms with E-state index in [9.17, 15) is 4.79 Å². The molecule has 0 unspecified atom stereocenters. The number of rotatable bonds is 3. The second-order valence-electron chi connectivity index (χ2n) is 3.36. The summed E-state index contributed by atoms with van der Waals surface area (Å²) in [5, 5.41) is 0. The number of esters is 1. The van der Waals surface area contributed by atoms with Crippen molar-refractivity contribution in [2.75, 3.05) is 12.8 Å². The SMILES string of the molecule is CCc1c(-c2cncs2)sc(C(=O)OC)c1N. The monoisotopic (exact) mass is 268 g/mol. The number of methoxy groups -OCH3 is 1. The number of nitrogen functional groups attached to an aromatic ring is 1. The van der Waals surface area contributed by atoms with Crippen LogP contribution in [0.2, 0.25) is 0 Å². The molecule has 0 aliphatic rings. The Hall–Kier alpha value is -1.40. The van der Waals surface area contributed by atoms with Crippen LogP contribution >= 0.6 is 22.7 Å². The molecule has 6 heteroatoms. The van der Waals surface area contributed by atoms with Crippen molar-refractivity contribution in [3.8, 4) is 9.75 Å². The summed E-state index contributed by atoms with van der Waals surface area (Å²) >= 11 is 2.91. The van der Waals surface area contributed by atoms with Gasteiger partial charge < -0.3 is 10.5 Å². The number of thiophene rings is 1. The van der Waals surface area contributed by atoms with Gasteiger partial charge in [-0.05, 0) is 12.0 Å². The van der Waals surface area contributed by atoms with E-state index in [2.05, 4.69) is 4.98 Å². The number of aromatic nitrogens is 1. The third kappa shape index (κ3) is 2.05. The number of hydrogen-bond donors (Lipinski definition) is 1. The van der Waals surface area contributed by atoms with Crippen molar-refractivity contribution in [2.24, 2.45) is 0 Å². The largest absolute Gasteiger partial charge is 0.465 e. The van der Waals surface area contributed by atoms with E-state index in [1.807, 2.05) is 6.92 Å². The molecule has 0 aliphatic heterocycles. The lowest BCUT2D eigenvalue weighted by atomic mass is 10.1. The third-order valence-corrected chi connectivity index (χ3v) is 4.61. The molecule has 0 amide bonds. The first-order valence-electron chi connectivity index (χ1n) is 5.07. The molecule has 2 aromatic heterocycles. The maximum atomic E-state index is 11.6. The Morgan fingerprint density at radius 3 is 2.88 bits per heavy atom. The quantitative estimate of drug-likeness (QED) is 0.869. The fourth-order valence-electron chi connectivity index (χ4n) is 1.60. The Kier molecular flexibility index (Phi) is 3.44. The van der Waals surface area contributed by atoms with Gasteiger partial charge >= 0.3 is 5.97 Å². The van der Waals surface area contributed by atoms with Gasteiger partial charge in [-0.15, -0.1) is 22.7 Å². The molecule has 0 bridgehead atoms. The first-order chi connectivity index (χ1) is 8.19. The van der Waals surface area contributed by atoms with E-state index in [1.165, 1.54) is 29.8 Å². The van der Waals surface area contributed by atoms with Gasteiger partial charge in [-0.2, -0.15) is 0 Å². The third-order valence-electron chi connectivity index (χ3n) is 2.43. The molecule has 2 aromatic rings. The van der Waals surface area contributed by atoms with Crippen LogP contribution in [0.3, 0.4) is 0 Å². The zero-order valence-electron chi connectivity index (χ0n) is 9.52. The van der Waals surface area contributed by atoms with E-state index < -0.39 is 0 Å². The number of anilines is 1. The minimum atomic E-state index is -0.377. The maximum absolute atomic E-state index is 11.6. The van der Waals surface area contributed by atoms with Crippen molar-refractivity contribution >= 4 is 34.3 Å². The lowest BCUT2D eigenvalue weighted by Crippen LogP contribution is -2.02. The Balaban J connectivity index is 2.57. The average molecular weight is 268 g/mol. The van der Waals surface area contributed by atoms with Crippen molar-refractivity contribution in [1.29, 1.82) is 0 Å². The fraction of sp³-hybridized carbons (Fsp3) is 0.273. The summed E-state index contributed by atoms with van der Waals surface area (Å²) in [5.41, 5.74) is 9.29. The van der Waals surface area contributed by atoms with Crippen LogP contribution in [0, 0.1) is 0 Å². The number of carbonyl (C=O) groups excluding carboxylic acids is 1. The molecule has 4 nitrogen and oxygen atoms in total. The second kappa shape index (κ2) is 4.85. The number of ether oxygens (including phenoxy) is 1. The van der Waals surface area contributed by atoms with Crippen LogP contribution in [-0.2, 0) is 11.2 Å². The molecule has 0 aromatic carbocycles. The van der Waals surface area contributed by atoms with Gasteiger partial charge in [0.2, 0.25) is 0 Å². The molecule has 0 aliphatic carbocycles. The summed E-state index contributed by atoms with van der Waals surface area (Å²) in [5.74, 6) is -0.377. The Labute approximate surface area is 107 Å². The van der Waals surface area contributed by atoms with Crippen molar-refractivity contribution in [3.05, 3.63) is 22.1 Å². The van der Waals surface area contributed by atoms with Crippen LogP contribution in [0.15, 0.2) is 11.7 Å². The predicted molar refractivity (Wildman–Crippen MR) is 70.6 cm³/mol. The highest BCUT2D eigenvalue weighted by atomic mass is 32.1. The van der Waals surface area contributed by atoms with Gasteiger partial charge in [0.1, 0.15) is 4.88 Å². The molecule has 0 radical (unpaired) electrons. The van der Waals surface area contributed by atoms with Crippen molar-refractivity contribution in [3.63, 3.8) is 0 Å². The number of nitrogens with two attached hydrogens (primary N) is 1. The molecular formula is C11H12N2O2S2. The van der Waals surface area contributed by atoms with E-state index in [1.54, 1.807) is 11.7 Å². The minimum absolute atomic E-state index is 0.377. The molecule has 0 saturated heterocycles. The molecule has 0 fully saturated rings. The molecule has 2 N–H and O–H groups in total. The van der Waals surface area contributed by atoms with Crippen molar-refractivity contribution < 1.29 is 9.53 Å². The standard InChI is InChI=1S/C11H12N2O2S2/c1-3-6-8(12)10(11(14)15-2)17-9(6)7-4-13-5-16-7/h4-5H,3,12H2,1-2H3. The highest BCUT2D eigenvalue weighted by Crippen LogP contribution is 2.40. The first-order valence-corrected chi connectivity index (χ1v) is 6.77. The van der Waals surface area contributed by atoms with E-state index in [0.29, 0.717) is 10.6 Å². The van der Waals surface area contributed by atoms with Crippen LogP contribution in [0.5, 0.6) is 0 Å². The molecule has 17 heavy (non-hydrogen) atoms. The molecule has 0 saturated carbocycles. The lowest BCUT2D eigenvalue weighted by molar-refractivity contribution is 0.0607. The number of carbonyl (C=O) groups is 1. The molecule has 0 spiro atoms. The predicted octanol–water partition coefficient (Wildman–Crippen LogP) is 2.80. The molecular weight excluding hydrogens is 256 g/mol. The summed E-state index contributed by atoms with van der Waals surface area (Å²) in [7, 11) is 1.36. The maximum Gasteiger partial charge on any atom is 0.350 e. The smallest absolute Gasteiger partial charge is 0.350 e. The Morgan fingerprint density at radius 2 is 2.35 bits per heavy atom. The van der Waals surface area contributed by atoms with Gasteiger partial charge in [0, 0.05) is 6.20 Å². The summed E-state index contributed by atoms with van der Waals surface area (Å²) in [6.45, 7) is 2.02. The average Bonchev–Trinajstić information content (AvgIpc) is 2.95. The van der Waals surface area contributed by atoms with Gasteiger partial charge in [-0.3, -0.25) is 4.98 Å². The minimum Gasteiger partial charge on any atom is -0.465 e. The van der Waals surface area contributed by atoms with Gasteiger partial charge in [0.05, 0.1) is 28.1 Å². The molecule has 2 rings (SSSR count). The normalized spacial score (nSPS) is 10.5. The zero-order valence-corrected chi connectivity index (χ0v) is 11.2. The highest BCUT2D eigenvalue weighted by Gasteiger charge is 2.21. The van der Waals surface area contributed by atoms with E-state index in [4.69, 9.17) is 10.5 Å². The van der Waals surface area contributed by atoms with E-state index in [0.717, 1.165) is 21.7 Å². The number of thiazole rings is 1. The van der Waals surface area contributed by atoms with Crippen LogP contribution < -0.4 is 5.73 Å². The summed E-state index contributed by atoms with van der Waals surface area (Å²) < 4.78 is 4.73. The highest BCUT2D eigenvalue weighted by molar-refractivity contribution is 7.22. The van der Waals surface area contributed by atoms with Crippen molar-refractivity contribution in [2.45, 2.75) is 13.3 Å². The lowest BCUT2D eigenvalue weighted by Gasteiger charge is -1.99. The van der Waals surface area contributed by atoms with E-state index in [-0.39, 0.29) is 5.97 Å². The van der Waals surface area contributed by atoms with Crippen LogP contribution in [0.25, 0.3) is 9.75 Å². The zero-order chi connectivity index (χ0) is 12.4. The van der Waals surface area contributed by atoms with E-state index >= 15 is 0 Å². The summed E-state index contributed by atoms with van der Waals surface area (Å²) in [4.78, 5) is 18.2. The molecule has 0 atom stereocenters. The summed E-state index contributed by atoms with van der Waals surface area (Å²) in [6.07, 6.45) is 2.57. The van der Waals surface area contributed by atoms with Gasteiger partial charge in [-0.25, -0.2) is 4.79 Å². The van der Waals surface area contributed by atoms with Gasteiger partial charge in [0.25, 0.3) is 0 Å². The van der Waals surface area contributed by atoms with Gasteiger partial charge in [0.15, 0.2) is 0 Å². The molecule has 2 heterocycles. The summed E-state index contributed by atoms with van der Waals surface area (Å²) in [6, 6.07) is 0. The number of nitrogens with zero attached hydrogens (tertiary/aromatic N) is 1. The van der Waals surface area contributed by atoms with Crippen LogP contribution in [0.1, 0.15) is 22.2 Å². The van der Waals surface area contributed by atoms with Gasteiger partial charge in [-0.1, -0.05) is 6.92 Å². The topological polar surface area (TPSA) is 65.2 Å². The van der Waals surface area contributed by atoms with Crippen molar-refractivity contribution in [1.82, 2.24) is 4.98 Å². The molecule has 90 valence electrons. The Morgan fingerprint density at radius 1 is 1.59 bits per heavy atom. The Bertz CT molecular complexity index is 532. The second-order valence-corrected chi connectivity index (χ2v) is 5.27.